The molecule has 0 aliphatic heterocycles. The summed E-state index contributed by atoms with van der Waals surface area (Å²) in [6.07, 6.45) is 2.40. The zero-order chi connectivity index (χ0) is 18.7. The molecular formula is C16H18N4O5S. The van der Waals surface area contributed by atoms with Crippen molar-refractivity contribution in [2.45, 2.75) is 24.2 Å². The van der Waals surface area contributed by atoms with Crippen LogP contribution in [0, 0.1) is 0 Å². The number of urea groups is 1. The van der Waals surface area contributed by atoms with E-state index in [2.05, 4.69) is 15.3 Å². The summed E-state index contributed by atoms with van der Waals surface area (Å²) >= 11 is 0. The Hall–Kier alpha value is -2.88. The SMILES string of the molecule is COc1cc(OC)nc(NC(=O)NS(=O)(=O)c2cccc3c2CCC3)n1. The van der Waals surface area contributed by atoms with Crippen LogP contribution in [-0.4, -0.2) is 38.6 Å². The molecule has 2 N–H and O–H groups in total. The minimum atomic E-state index is -4.02. The molecule has 1 aromatic carbocycles. The van der Waals surface area contributed by atoms with Crippen molar-refractivity contribution in [3.63, 3.8) is 0 Å². The zero-order valence-corrected chi connectivity index (χ0v) is 15.1. The van der Waals surface area contributed by atoms with Crippen LogP contribution < -0.4 is 19.5 Å². The van der Waals surface area contributed by atoms with Gasteiger partial charge in [0.15, 0.2) is 0 Å². The van der Waals surface area contributed by atoms with Gasteiger partial charge in [0.2, 0.25) is 17.7 Å². The number of carbonyl (C=O) groups excluding carboxylic acids is 1. The summed E-state index contributed by atoms with van der Waals surface area (Å²) in [5, 5.41) is 2.27. The maximum absolute atomic E-state index is 12.6. The monoisotopic (exact) mass is 378 g/mol. The maximum Gasteiger partial charge on any atom is 0.335 e. The van der Waals surface area contributed by atoms with Crippen molar-refractivity contribution in [3.05, 3.63) is 35.4 Å². The van der Waals surface area contributed by atoms with Gasteiger partial charge in [-0.05, 0) is 36.5 Å². The average molecular weight is 378 g/mol. The first-order chi connectivity index (χ1) is 12.4. The molecule has 0 saturated carbocycles. The highest BCUT2D eigenvalue weighted by atomic mass is 32.2. The third kappa shape index (κ3) is 3.69. The van der Waals surface area contributed by atoms with Crippen LogP contribution in [0.5, 0.6) is 11.8 Å². The quantitative estimate of drug-likeness (QED) is 0.809. The van der Waals surface area contributed by atoms with Gasteiger partial charge in [-0.2, -0.15) is 9.97 Å². The van der Waals surface area contributed by atoms with Gasteiger partial charge >= 0.3 is 6.03 Å². The largest absolute Gasteiger partial charge is 0.481 e. The smallest absolute Gasteiger partial charge is 0.335 e. The van der Waals surface area contributed by atoms with E-state index in [1.165, 1.54) is 26.4 Å². The number of nitrogens with zero attached hydrogens (tertiary/aromatic N) is 2. The van der Waals surface area contributed by atoms with Gasteiger partial charge in [0.05, 0.1) is 25.2 Å². The molecule has 10 heteroatoms. The first kappa shape index (κ1) is 17.9. The van der Waals surface area contributed by atoms with Crippen molar-refractivity contribution >= 4 is 22.0 Å². The molecule has 3 rings (SSSR count). The van der Waals surface area contributed by atoms with Crippen LogP contribution in [0.2, 0.25) is 0 Å². The fourth-order valence-electron chi connectivity index (χ4n) is 2.81. The van der Waals surface area contributed by atoms with Crippen molar-refractivity contribution in [2.24, 2.45) is 0 Å². The highest BCUT2D eigenvalue weighted by Crippen LogP contribution is 2.28. The Morgan fingerprint density at radius 3 is 2.46 bits per heavy atom. The summed E-state index contributed by atoms with van der Waals surface area (Å²) in [6.45, 7) is 0. The van der Waals surface area contributed by atoms with Crippen LogP contribution in [0.3, 0.4) is 0 Å². The number of aryl methyl sites for hydroxylation is 1. The lowest BCUT2D eigenvalue weighted by atomic mass is 10.1. The summed E-state index contributed by atoms with van der Waals surface area (Å²) in [4.78, 5) is 20.1. The maximum atomic E-state index is 12.6. The Morgan fingerprint density at radius 2 is 1.81 bits per heavy atom. The molecule has 0 radical (unpaired) electrons. The van der Waals surface area contributed by atoms with Crippen molar-refractivity contribution in [1.29, 1.82) is 0 Å². The van der Waals surface area contributed by atoms with Crippen LogP contribution in [-0.2, 0) is 22.9 Å². The van der Waals surface area contributed by atoms with Crippen LogP contribution >= 0.6 is 0 Å². The van der Waals surface area contributed by atoms with Gasteiger partial charge in [-0.15, -0.1) is 0 Å². The molecule has 1 aromatic heterocycles. The molecule has 9 nitrogen and oxygen atoms in total. The number of anilines is 1. The van der Waals surface area contributed by atoms with Crippen molar-refractivity contribution in [3.8, 4) is 11.8 Å². The minimum absolute atomic E-state index is 0.117. The van der Waals surface area contributed by atoms with Gasteiger partial charge < -0.3 is 9.47 Å². The fourth-order valence-corrected chi connectivity index (χ4v) is 4.03. The summed E-state index contributed by atoms with van der Waals surface area (Å²) in [5.41, 5.74) is 1.75. The second-order valence-electron chi connectivity index (χ2n) is 5.58. The van der Waals surface area contributed by atoms with E-state index in [0.717, 1.165) is 24.0 Å². The Morgan fingerprint density at radius 1 is 1.12 bits per heavy atom. The number of benzene rings is 1. The Kier molecular flexibility index (Phi) is 4.94. The molecule has 0 saturated heterocycles. The van der Waals surface area contributed by atoms with Crippen LogP contribution in [0.1, 0.15) is 17.5 Å². The molecule has 0 unspecified atom stereocenters. The fraction of sp³-hybridized carbons (Fsp3) is 0.312. The molecule has 1 aliphatic carbocycles. The number of carbonyl (C=O) groups is 1. The van der Waals surface area contributed by atoms with Crippen molar-refractivity contribution < 1.29 is 22.7 Å². The molecule has 1 heterocycles. The Balaban J connectivity index is 1.79. The topological polar surface area (TPSA) is 120 Å². The summed E-state index contributed by atoms with van der Waals surface area (Å²) in [5.74, 6) is 0.180. The third-order valence-corrected chi connectivity index (χ3v) is 5.36. The van der Waals surface area contributed by atoms with E-state index >= 15 is 0 Å². The van der Waals surface area contributed by atoms with Crippen LogP contribution in [0.4, 0.5) is 10.7 Å². The number of aromatic nitrogens is 2. The first-order valence-corrected chi connectivity index (χ1v) is 9.33. The molecular weight excluding hydrogens is 360 g/mol. The van der Waals surface area contributed by atoms with E-state index in [4.69, 9.17) is 9.47 Å². The van der Waals surface area contributed by atoms with Gasteiger partial charge in [0.25, 0.3) is 10.0 Å². The second-order valence-corrected chi connectivity index (χ2v) is 7.23. The molecule has 2 aromatic rings. The number of amides is 2. The highest BCUT2D eigenvalue weighted by molar-refractivity contribution is 7.90. The molecule has 0 fully saturated rings. The normalized spacial score (nSPS) is 13.0. The van der Waals surface area contributed by atoms with E-state index in [1.807, 2.05) is 10.8 Å². The van der Waals surface area contributed by atoms with E-state index in [0.29, 0.717) is 6.42 Å². The van der Waals surface area contributed by atoms with Gasteiger partial charge in [-0.1, -0.05) is 12.1 Å². The Bertz CT molecular complexity index is 923. The minimum Gasteiger partial charge on any atom is -0.481 e. The van der Waals surface area contributed by atoms with E-state index in [1.54, 1.807) is 6.07 Å². The lowest BCUT2D eigenvalue weighted by Crippen LogP contribution is -2.35. The summed E-state index contributed by atoms with van der Waals surface area (Å²) < 4.78 is 37.1. The third-order valence-electron chi connectivity index (χ3n) is 3.94. The number of rotatable bonds is 5. The lowest BCUT2D eigenvalue weighted by Gasteiger charge is -2.12. The molecule has 1 aliphatic rings. The predicted octanol–water partition coefficient (Wildman–Crippen LogP) is 1.49. The van der Waals surface area contributed by atoms with E-state index in [9.17, 15) is 13.2 Å². The number of hydrogen-bond donors (Lipinski definition) is 2. The molecule has 0 atom stereocenters. The molecule has 0 bridgehead atoms. The van der Waals surface area contributed by atoms with E-state index < -0.39 is 16.1 Å². The lowest BCUT2D eigenvalue weighted by molar-refractivity contribution is 0.256. The van der Waals surface area contributed by atoms with Crippen LogP contribution in [0.15, 0.2) is 29.2 Å². The molecule has 26 heavy (non-hydrogen) atoms. The van der Waals surface area contributed by atoms with Crippen LogP contribution in [0.25, 0.3) is 0 Å². The zero-order valence-electron chi connectivity index (χ0n) is 14.3. The predicted molar refractivity (Wildman–Crippen MR) is 92.9 cm³/mol. The van der Waals surface area contributed by atoms with E-state index in [-0.39, 0.29) is 22.6 Å². The number of fused-ring (bicyclic) bond motifs is 1. The molecule has 2 amide bonds. The Labute approximate surface area is 150 Å². The summed E-state index contributed by atoms with van der Waals surface area (Å²) in [6, 6.07) is 5.51. The average Bonchev–Trinajstić information content (AvgIpc) is 3.09. The first-order valence-electron chi connectivity index (χ1n) is 7.84. The van der Waals surface area contributed by atoms with Crippen molar-refractivity contribution in [1.82, 2.24) is 14.7 Å². The summed E-state index contributed by atoms with van der Waals surface area (Å²) in [7, 11) is -1.23. The molecule has 138 valence electrons. The second kappa shape index (κ2) is 7.16. The number of nitrogens with one attached hydrogen (secondary N) is 2. The van der Waals surface area contributed by atoms with Gasteiger partial charge in [0.1, 0.15) is 0 Å². The number of hydrogen-bond acceptors (Lipinski definition) is 7. The van der Waals surface area contributed by atoms with Crippen molar-refractivity contribution in [2.75, 3.05) is 19.5 Å². The van der Waals surface area contributed by atoms with Gasteiger partial charge in [0, 0.05) is 0 Å². The van der Waals surface area contributed by atoms with Gasteiger partial charge in [-0.25, -0.2) is 17.9 Å². The molecule has 0 spiro atoms. The number of methoxy groups -OCH3 is 2. The highest BCUT2D eigenvalue weighted by Gasteiger charge is 2.25. The van der Waals surface area contributed by atoms with Gasteiger partial charge in [-0.3, -0.25) is 5.32 Å². The number of sulfonamides is 1. The standard InChI is InChI=1S/C16H18N4O5S/c1-24-13-9-14(25-2)18-15(17-13)19-16(21)20-26(22,23)12-8-4-6-10-5-3-7-11(10)12/h4,6,8-9H,3,5,7H2,1-2H3,(H2,17,18,19,20,21). The number of ether oxygens (including phenoxy) is 2.